The van der Waals surface area contributed by atoms with Gasteiger partial charge >= 0.3 is 6.18 Å². The SMILES string of the molecule is O=C(NCc1ccncc1)c1cnn(-c2ccc(Cl)cc2)c1C(F)(F)F. The van der Waals surface area contributed by atoms with Crippen LogP contribution in [0.1, 0.15) is 21.6 Å². The van der Waals surface area contributed by atoms with Crippen molar-refractivity contribution >= 4 is 17.5 Å². The van der Waals surface area contributed by atoms with Gasteiger partial charge in [0.2, 0.25) is 0 Å². The highest BCUT2D eigenvalue weighted by Crippen LogP contribution is 2.33. The number of hydrogen-bond acceptors (Lipinski definition) is 3. The number of benzene rings is 1. The van der Waals surface area contributed by atoms with E-state index in [1.807, 2.05) is 0 Å². The van der Waals surface area contributed by atoms with Crippen molar-refractivity contribution in [3.63, 3.8) is 0 Å². The van der Waals surface area contributed by atoms with Crippen molar-refractivity contribution < 1.29 is 18.0 Å². The molecule has 0 spiro atoms. The molecule has 9 heteroatoms. The van der Waals surface area contributed by atoms with Crippen LogP contribution >= 0.6 is 11.6 Å². The number of carbonyl (C=O) groups is 1. The van der Waals surface area contributed by atoms with Crippen molar-refractivity contribution in [3.8, 4) is 5.69 Å². The monoisotopic (exact) mass is 380 g/mol. The van der Waals surface area contributed by atoms with Crippen molar-refractivity contribution in [1.29, 1.82) is 0 Å². The molecule has 0 radical (unpaired) electrons. The van der Waals surface area contributed by atoms with E-state index in [2.05, 4.69) is 15.4 Å². The molecule has 0 fully saturated rings. The highest BCUT2D eigenvalue weighted by Gasteiger charge is 2.40. The van der Waals surface area contributed by atoms with Crippen LogP contribution in [-0.4, -0.2) is 20.7 Å². The van der Waals surface area contributed by atoms with Crippen LogP contribution in [0.4, 0.5) is 13.2 Å². The number of hydrogen-bond donors (Lipinski definition) is 1. The lowest BCUT2D eigenvalue weighted by Crippen LogP contribution is -2.26. The van der Waals surface area contributed by atoms with Crippen molar-refractivity contribution in [2.75, 3.05) is 0 Å². The maximum Gasteiger partial charge on any atom is 0.434 e. The molecule has 0 saturated carbocycles. The fourth-order valence-corrected chi connectivity index (χ4v) is 2.47. The van der Waals surface area contributed by atoms with Gasteiger partial charge < -0.3 is 5.32 Å². The van der Waals surface area contributed by atoms with Gasteiger partial charge in [-0.15, -0.1) is 0 Å². The minimum absolute atomic E-state index is 0.0742. The Hall–Kier alpha value is -2.87. The Kier molecular flexibility index (Phi) is 4.94. The van der Waals surface area contributed by atoms with Gasteiger partial charge in [-0.05, 0) is 42.0 Å². The first-order chi connectivity index (χ1) is 12.4. The molecule has 134 valence electrons. The summed E-state index contributed by atoms with van der Waals surface area (Å²) < 4.78 is 41.3. The van der Waals surface area contributed by atoms with E-state index in [0.29, 0.717) is 15.3 Å². The summed E-state index contributed by atoms with van der Waals surface area (Å²) in [5, 5.41) is 6.58. The summed E-state index contributed by atoms with van der Waals surface area (Å²) in [7, 11) is 0. The summed E-state index contributed by atoms with van der Waals surface area (Å²) >= 11 is 5.76. The lowest BCUT2D eigenvalue weighted by atomic mass is 10.2. The molecule has 3 rings (SSSR count). The number of nitrogens with one attached hydrogen (secondary N) is 1. The molecule has 0 aliphatic rings. The van der Waals surface area contributed by atoms with E-state index < -0.39 is 23.3 Å². The van der Waals surface area contributed by atoms with E-state index in [0.717, 1.165) is 6.20 Å². The summed E-state index contributed by atoms with van der Waals surface area (Å²) in [4.78, 5) is 16.1. The third-order valence-corrected chi connectivity index (χ3v) is 3.81. The molecule has 0 saturated heterocycles. The zero-order chi connectivity index (χ0) is 18.7. The molecule has 1 aromatic carbocycles. The number of aromatic nitrogens is 3. The number of nitrogens with zero attached hydrogens (tertiary/aromatic N) is 3. The molecule has 0 unspecified atom stereocenters. The van der Waals surface area contributed by atoms with Crippen LogP contribution in [0.15, 0.2) is 55.0 Å². The number of rotatable bonds is 4. The summed E-state index contributed by atoms with van der Waals surface area (Å²) in [5.74, 6) is -0.866. The summed E-state index contributed by atoms with van der Waals surface area (Å²) in [6.07, 6.45) is -0.804. The maximum atomic E-state index is 13.6. The van der Waals surface area contributed by atoms with E-state index in [1.165, 1.54) is 36.7 Å². The van der Waals surface area contributed by atoms with E-state index in [9.17, 15) is 18.0 Å². The lowest BCUT2D eigenvalue weighted by molar-refractivity contribution is -0.143. The van der Waals surface area contributed by atoms with Gasteiger partial charge in [-0.25, -0.2) is 4.68 Å². The standard InChI is InChI=1S/C17H12ClF3N4O/c18-12-1-3-13(4-2-12)25-15(17(19,20)21)14(10-24-25)16(26)23-9-11-5-7-22-8-6-11/h1-8,10H,9H2,(H,23,26). The van der Waals surface area contributed by atoms with Crippen LogP contribution in [0.2, 0.25) is 5.02 Å². The van der Waals surface area contributed by atoms with Gasteiger partial charge in [0.15, 0.2) is 5.69 Å². The number of halogens is 4. The molecule has 0 aliphatic heterocycles. The van der Waals surface area contributed by atoms with Gasteiger partial charge in [-0.3, -0.25) is 9.78 Å². The first kappa shape index (κ1) is 17.9. The molecule has 26 heavy (non-hydrogen) atoms. The highest BCUT2D eigenvalue weighted by atomic mass is 35.5. The van der Waals surface area contributed by atoms with Crippen LogP contribution < -0.4 is 5.32 Å². The zero-order valence-electron chi connectivity index (χ0n) is 13.2. The van der Waals surface area contributed by atoms with Crippen molar-refractivity contribution in [3.05, 3.63) is 76.8 Å². The predicted octanol–water partition coefficient (Wildman–Crippen LogP) is 3.87. The van der Waals surface area contributed by atoms with Crippen molar-refractivity contribution in [2.45, 2.75) is 12.7 Å². The fraction of sp³-hybridized carbons (Fsp3) is 0.118. The third-order valence-electron chi connectivity index (χ3n) is 3.56. The normalized spacial score (nSPS) is 11.4. The quantitative estimate of drug-likeness (QED) is 0.747. The van der Waals surface area contributed by atoms with E-state index in [-0.39, 0.29) is 12.2 Å². The summed E-state index contributed by atoms with van der Waals surface area (Å²) in [6, 6.07) is 8.99. The Morgan fingerprint density at radius 1 is 1.12 bits per heavy atom. The van der Waals surface area contributed by atoms with Crippen LogP contribution in [0.3, 0.4) is 0 Å². The van der Waals surface area contributed by atoms with Gasteiger partial charge in [0, 0.05) is 24.0 Å². The Labute approximate surface area is 151 Å². The Balaban J connectivity index is 1.92. The second-order valence-corrected chi connectivity index (χ2v) is 5.77. The molecule has 5 nitrogen and oxygen atoms in total. The van der Waals surface area contributed by atoms with E-state index in [1.54, 1.807) is 12.1 Å². The number of amides is 1. The first-order valence-corrected chi connectivity index (χ1v) is 7.82. The molecule has 1 N–H and O–H groups in total. The maximum absolute atomic E-state index is 13.6. The Bertz CT molecular complexity index is 908. The molecular formula is C17H12ClF3N4O. The van der Waals surface area contributed by atoms with Gasteiger partial charge in [-0.1, -0.05) is 11.6 Å². The van der Waals surface area contributed by atoms with E-state index >= 15 is 0 Å². The highest BCUT2D eigenvalue weighted by molar-refractivity contribution is 6.30. The Morgan fingerprint density at radius 2 is 1.77 bits per heavy atom. The largest absolute Gasteiger partial charge is 0.434 e. The van der Waals surface area contributed by atoms with Gasteiger partial charge in [0.05, 0.1) is 17.4 Å². The lowest BCUT2D eigenvalue weighted by Gasteiger charge is -2.13. The predicted molar refractivity (Wildman–Crippen MR) is 89.0 cm³/mol. The van der Waals surface area contributed by atoms with Gasteiger partial charge in [0.1, 0.15) is 0 Å². The van der Waals surface area contributed by atoms with Gasteiger partial charge in [-0.2, -0.15) is 18.3 Å². The molecule has 0 atom stereocenters. The van der Waals surface area contributed by atoms with Crippen LogP contribution in [-0.2, 0) is 12.7 Å². The van der Waals surface area contributed by atoms with Crippen molar-refractivity contribution in [2.24, 2.45) is 0 Å². The molecule has 2 aromatic heterocycles. The molecular weight excluding hydrogens is 369 g/mol. The topological polar surface area (TPSA) is 59.8 Å². The number of carbonyl (C=O) groups excluding carboxylic acids is 1. The molecule has 0 bridgehead atoms. The Morgan fingerprint density at radius 3 is 2.38 bits per heavy atom. The summed E-state index contributed by atoms with van der Waals surface area (Å²) in [5.41, 5.74) is -0.838. The van der Waals surface area contributed by atoms with Crippen LogP contribution in [0.5, 0.6) is 0 Å². The first-order valence-electron chi connectivity index (χ1n) is 7.44. The molecule has 3 aromatic rings. The minimum atomic E-state index is -4.76. The van der Waals surface area contributed by atoms with E-state index in [4.69, 9.17) is 11.6 Å². The molecule has 0 aliphatic carbocycles. The average molecular weight is 381 g/mol. The smallest absolute Gasteiger partial charge is 0.348 e. The third kappa shape index (κ3) is 3.85. The minimum Gasteiger partial charge on any atom is -0.348 e. The van der Waals surface area contributed by atoms with Crippen LogP contribution in [0, 0.1) is 0 Å². The second kappa shape index (κ2) is 7.17. The number of alkyl halides is 3. The average Bonchev–Trinajstić information content (AvgIpc) is 3.07. The number of pyridine rings is 1. The molecule has 2 heterocycles. The second-order valence-electron chi connectivity index (χ2n) is 5.33. The van der Waals surface area contributed by atoms with Crippen molar-refractivity contribution in [1.82, 2.24) is 20.1 Å². The summed E-state index contributed by atoms with van der Waals surface area (Å²) in [6.45, 7) is 0.0742. The van der Waals surface area contributed by atoms with Gasteiger partial charge in [0.25, 0.3) is 5.91 Å². The fourth-order valence-electron chi connectivity index (χ4n) is 2.34. The van der Waals surface area contributed by atoms with Crippen LogP contribution in [0.25, 0.3) is 5.69 Å². The molecule has 1 amide bonds. The zero-order valence-corrected chi connectivity index (χ0v) is 13.9.